The zero-order valence-corrected chi connectivity index (χ0v) is 17.1. The lowest BCUT2D eigenvalue weighted by atomic mass is 10.1. The summed E-state index contributed by atoms with van der Waals surface area (Å²) in [5.74, 6) is -0.107. The van der Waals surface area contributed by atoms with Crippen LogP contribution in [0.4, 0.5) is 5.69 Å². The van der Waals surface area contributed by atoms with Gasteiger partial charge < -0.3 is 10.0 Å². The minimum absolute atomic E-state index is 0.229. The number of piperidine rings is 1. The topological polar surface area (TPSA) is 65.8 Å². The first-order chi connectivity index (χ1) is 13.5. The Morgan fingerprint density at radius 3 is 2.54 bits per heavy atom. The van der Waals surface area contributed by atoms with E-state index in [0.29, 0.717) is 15.5 Å². The van der Waals surface area contributed by atoms with Crippen LogP contribution >= 0.6 is 22.9 Å². The first-order valence-electron chi connectivity index (χ1n) is 9.26. The standard InChI is InChI=1S/C21H20ClN3O2S/c1-13(25-11-3-2-4-12-25)23-18-16-9-10-17(14-5-7-15(22)8-6-14)24-20(16)28-19(18)21(26)27/h5-10H,2-4,11-12H2,1H3,(H,26,27). The molecule has 7 heteroatoms. The third kappa shape index (κ3) is 3.75. The molecule has 0 aliphatic carbocycles. The highest BCUT2D eigenvalue weighted by Gasteiger charge is 2.20. The van der Waals surface area contributed by atoms with Crippen molar-refractivity contribution in [3.8, 4) is 11.3 Å². The number of pyridine rings is 1. The number of likely N-dealkylation sites (tertiary alicyclic amines) is 1. The molecule has 1 fully saturated rings. The number of aromatic nitrogens is 1. The van der Waals surface area contributed by atoms with Crippen molar-refractivity contribution in [2.45, 2.75) is 26.2 Å². The number of hydrogen-bond donors (Lipinski definition) is 1. The number of amidine groups is 1. The van der Waals surface area contributed by atoms with E-state index in [-0.39, 0.29) is 4.88 Å². The van der Waals surface area contributed by atoms with Crippen LogP contribution in [-0.2, 0) is 0 Å². The van der Waals surface area contributed by atoms with Crippen molar-refractivity contribution in [2.24, 2.45) is 4.99 Å². The Hall–Kier alpha value is -2.44. The molecular formula is C21H20ClN3O2S. The third-order valence-electron chi connectivity index (χ3n) is 4.95. The van der Waals surface area contributed by atoms with Crippen LogP contribution < -0.4 is 0 Å². The van der Waals surface area contributed by atoms with Gasteiger partial charge in [-0.25, -0.2) is 14.8 Å². The molecule has 1 aromatic carbocycles. The molecule has 3 aromatic rings. The number of hydrogen-bond acceptors (Lipinski definition) is 4. The molecule has 0 saturated carbocycles. The molecule has 0 unspecified atom stereocenters. The second kappa shape index (κ2) is 7.89. The number of nitrogens with zero attached hydrogens (tertiary/aromatic N) is 3. The van der Waals surface area contributed by atoms with Gasteiger partial charge in [0.15, 0.2) is 0 Å². The van der Waals surface area contributed by atoms with Crippen LogP contribution in [-0.4, -0.2) is 39.9 Å². The fraction of sp³-hybridized carbons (Fsp3) is 0.286. The van der Waals surface area contributed by atoms with E-state index in [9.17, 15) is 9.90 Å². The highest BCUT2D eigenvalue weighted by Crippen LogP contribution is 2.38. The van der Waals surface area contributed by atoms with Crippen LogP contribution in [0, 0.1) is 0 Å². The molecule has 0 radical (unpaired) electrons. The average molecular weight is 414 g/mol. The molecule has 1 saturated heterocycles. The van der Waals surface area contributed by atoms with Crippen molar-refractivity contribution >= 4 is 50.6 Å². The van der Waals surface area contributed by atoms with E-state index in [4.69, 9.17) is 16.6 Å². The van der Waals surface area contributed by atoms with Gasteiger partial charge in [0, 0.05) is 29.1 Å². The van der Waals surface area contributed by atoms with E-state index in [2.05, 4.69) is 9.88 Å². The highest BCUT2D eigenvalue weighted by molar-refractivity contribution is 7.21. The minimum Gasteiger partial charge on any atom is -0.477 e. The van der Waals surface area contributed by atoms with Gasteiger partial charge in [0.05, 0.1) is 11.4 Å². The van der Waals surface area contributed by atoms with Crippen molar-refractivity contribution in [3.63, 3.8) is 0 Å². The van der Waals surface area contributed by atoms with E-state index in [1.807, 2.05) is 43.3 Å². The van der Waals surface area contributed by atoms with Gasteiger partial charge in [0.1, 0.15) is 15.5 Å². The number of benzene rings is 1. The first-order valence-corrected chi connectivity index (χ1v) is 10.5. The first kappa shape index (κ1) is 18.9. The van der Waals surface area contributed by atoms with Crippen LogP contribution in [0.1, 0.15) is 35.9 Å². The molecule has 0 atom stereocenters. The zero-order valence-electron chi connectivity index (χ0n) is 15.5. The Bertz CT molecular complexity index is 1050. The molecule has 1 aliphatic heterocycles. The number of carbonyl (C=O) groups is 1. The fourth-order valence-corrected chi connectivity index (χ4v) is 4.53. The molecule has 4 rings (SSSR count). The molecule has 1 N–H and O–H groups in total. The maximum atomic E-state index is 11.8. The summed E-state index contributed by atoms with van der Waals surface area (Å²) in [6, 6.07) is 11.3. The van der Waals surface area contributed by atoms with E-state index in [1.165, 1.54) is 17.8 Å². The van der Waals surface area contributed by atoms with Crippen molar-refractivity contribution in [1.82, 2.24) is 9.88 Å². The predicted molar refractivity (Wildman–Crippen MR) is 115 cm³/mol. The van der Waals surface area contributed by atoms with Crippen molar-refractivity contribution < 1.29 is 9.90 Å². The largest absolute Gasteiger partial charge is 0.477 e. The van der Waals surface area contributed by atoms with Crippen molar-refractivity contribution in [1.29, 1.82) is 0 Å². The Morgan fingerprint density at radius 1 is 1.14 bits per heavy atom. The Kier molecular flexibility index (Phi) is 5.33. The number of carboxylic acids is 1. The van der Waals surface area contributed by atoms with Crippen LogP contribution in [0.15, 0.2) is 41.4 Å². The Morgan fingerprint density at radius 2 is 1.86 bits per heavy atom. The summed E-state index contributed by atoms with van der Waals surface area (Å²) in [7, 11) is 0. The fourth-order valence-electron chi connectivity index (χ4n) is 3.45. The molecule has 2 aromatic heterocycles. The Labute approximate surface area is 172 Å². The van der Waals surface area contributed by atoms with Gasteiger partial charge in [-0.05, 0) is 50.5 Å². The van der Waals surface area contributed by atoms with E-state index in [0.717, 1.165) is 48.4 Å². The van der Waals surface area contributed by atoms with Gasteiger partial charge in [-0.1, -0.05) is 23.7 Å². The monoisotopic (exact) mass is 413 g/mol. The van der Waals surface area contributed by atoms with Gasteiger partial charge in [-0.2, -0.15) is 0 Å². The number of thiophene rings is 1. The molecule has 0 spiro atoms. The Balaban J connectivity index is 1.78. The van der Waals surface area contributed by atoms with Gasteiger partial charge in [-0.3, -0.25) is 0 Å². The molecular weight excluding hydrogens is 394 g/mol. The van der Waals surface area contributed by atoms with Gasteiger partial charge in [0.25, 0.3) is 0 Å². The maximum absolute atomic E-state index is 11.8. The normalized spacial score (nSPS) is 15.2. The lowest BCUT2D eigenvalue weighted by Gasteiger charge is -2.28. The van der Waals surface area contributed by atoms with Crippen LogP contribution in [0.2, 0.25) is 5.02 Å². The quantitative estimate of drug-likeness (QED) is 0.432. The van der Waals surface area contributed by atoms with Crippen LogP contribution in [0.3, 0.4) is 0 Å². The summed E-state index contributed by atoms with van der Waals surface area (Å²) in [6.07, 6.45) is 3.53. The number of carboxylic acid groups (broad SMARTS) is 1. The lowest BCUT2D eigenvalue weighted by molar-refractivity contribution is 0.0703. The number of fused-ring (bicyclic) bond motifs is 1. The van der Waals surface area contributed by atoms with Gasteiger partial charge in [-0.15, -0.1) is 11.3 Å². The van der Waals surface area contributed by atoms with E-state index >= 15 is 0 Å². The molecule has 3 heterocycles. The van der Waals surface area contributed by atoms with Crippen molar-refractivity contribution in [2.75, 3.05) is 13.1 Å². The zero-order chi connectivity index (χ0) is 19.7. The predicted octanol–water partition coefficient (Wildman–Crippen LogP) is 5.85. The smallest absolute Gasteiger partial charge is 0.348 e. The summed E-state index contributed by atoms with van der Waals surface area (Å²) in [5.41, 5.74) is 2.22. The third-order valence-corrected chi connectivity index (χ3v) is 6.28. The SMILES string of the molecule is CC(=Nc1c(C(=O)O)sc2nc(-c3ccc(Cl)cc3)ccc12)N1CCCCC1. The lowest BCUT2D eigenvalue weighted by Crippen LogP contribution is -2.33. The van der Waals surface area contributed by atoms with Gasteiger partial charge in [0.2, 0.25) is 0 Å². The average Bonchev–Trinajstić information content (AvgIpc) is 3.07. The number of aliphatic imine (C=N–C) groups is 1. The molecule has 0 bridgehead atoms. The van der Waals surface area contributed by atoms with Crippen molar-refractivity contribution in [3.05, 3.63) is 46.3 Å². The molecule has 144 valence electrons. The molecule has 5 nitrogen and oxygen atoms in total. The highest BCUT2D eigenvalue weighted by atomic mass is 35.5. The molecule has 28 heavy (non-hydrogen) atoms. The number of aromatic carboxylic acids is 1. The summed E-state index contributed by atoms with van der Waals surface area (Å²) >= 11 is 7.13. The summed E-state index contributed by atoms with van der Waals surface area (Å²) in [6.45, 7) is 3.90. The second-order valence-corrected chi connectivity index (χ2v) is 8.28. The van der Waals surface area contributed by atoms with Crippen LogP contribution in [0.5, 0.6) is 0 Å². The second-order valence-electron chi connectivity index (χ2n) is 6.85. The van der Waals surface area contributed by atoms with E-state index in [1.54, 1.807) is 0 Å². The summed E-state index contributed by atoms with van der Waals surface area (Å²) in [5, 5.41) is 11.1. The minimum atomic E-state index is -0.971. The summed E-state index contributed by atoms with van der Waals surface area (Å²) in [4.78, 5) is 24.4. The number of rotatable bonds is 3. The van der Waals surface area contributed by atoms with Gasteiger partial charge >= 0.3 is 5.97 Å². The van der Waals surface area contributed by atoms with Crippen LogP contribution in [0.25, 0.3) is 21.5 Å². The number of halogens is 1. The summed E-state index contributed by atoms with van der Waals surface area (Å²) < 4.78 is 0. The molecule has 0 amide bonds. The molecule has 1 aliphatic rings. The van der Waals surface area contributed by atoms with E-state index < -0.39 is 5.97 Å². The maximum Gasteiger partial charge on any atom is 0.348 e.